The van der Waals surface area contributed by atoms with Crippen molar-refractivity contribution in [1.82, 2.24) is 4.90 Å². The first-order chi connectivity index (χ1) is 9.12. The predicted molar refractivity (Wildman–Crippen MR) is 74.5 cm³/mol. The van der Waals surface area contributed by atoms with Gasteiger partial charge in [0.25, 0.3) is 0 Å². The Bertz CT molecular complexity index is 476. The van der Waals surface area contributed by atoms with Crippen LogP contribution in [0.2, 0.25) is 0 Å². The summed E-state index contributed by atoms with van der Waals surface area (Å²) in [6.45, 7) is 2.27. The van der Waals surface area contributed by atoms with Crippen LogP contribution in [0.4, 0.5) is 0 Å². The van der Waals surface area contributed by atoms with Gasteiger partial charge in [-0.1, -0.05) is 30.7 Å². The maximum Gasteiger partial charge on any atom is 0.314 e. The predicted octanol–water partition coefficient (Wildman–Crippen LogP) is 2.61. The fourth-order valence-electron chi connectivity index (χ4n) is 3.44. The summed E-state index contributed by atoms with van der Waals surface area (Å²) in [5.74, 6) is -0.0479. The Morgan fingerprint density at radius 1 is 1.32 bits per heavy atom. The van der Waals surface area contributed by atoms with Gasteiger partial charge in [-0.15, -0.1) is 0 Å². The van der Waals surface area contributed by atoms with E-state index < -0.39 is 11.4 Å². The molecule has 19 heavy (non-hydrogen) atoms. The summed E-state index contributed by atoms with van der Waals surface area (Å²) < 4.78 is 0. The van der Waals surface area contributed by atoms with Gasteiger partial charge in [0.1, 0.15) is 0 Å². The highest BCUT2D eigenvalue weighted by Gasteiger charge is 2.45. The lowest BCUT2D eigenvalue weighted by molar-refractivity contribution is -0.147. The van der Waals surface area contributed by atoms with Crippen molar-refractivity contribution in [3.05, 3.63) is 35.4 Å². The standard InChI is InChI=1S/C16H21NO2/c1-17-10-7-13(11-17)12-3-5-14(6-4-12)16(15(18)19)8-2-9-16/h3-6,13H,2,7-11H2,1H3,(H,18,19). The highest BCUT2D eigenvalue weighted by molar-refractivity contribution is 5.82. The van der Waals surface area contributed by atoms with Crippen LogP contribution in [0.5, 0.6) is 0 Å². The Morgan fingerprint density at radius 2 is 2.00 bits per heavy atom. The molecule has 1 aromatic carbocycles. The molecule has 1 saturated heterocycles. The molecule has 1 N–H and O–H groups in total. The monoisotopic (exact) mass is 259 g/mol. The molecular formula is C16H21NO2. The number of aliphatic carboxylic acids is 1. The molecule has 0 bridgehead atoms. The number of carboxylic acids is 1. The van der Waals surface area contributed by atoms with Crippen LogP contribution in [-0.2, 0) is 10.2 Å². The molecule has 3 rings (SSSR count). The minimum Gasteiger partial charge on any atom is -0.481 e. The first-order valence-corrected chi connectivity index (χ1v) is 7.14. The van der Waals surface area contributed by atoms with E-state index in [2.05, 4.69) is 24.1 Å². The minimum atomic E-state index is -0.660. The van der Waals surface area contributed by atoms with Gasteiger partial charge in [0, 0.05) is 6.54 Å². The van der Waals surface area contributed by atoms with Crippen molar-refractivity contribution in [3.8, 4) is 0 Å². The van der Waals surface area contributed by atoms with E-state index in [0.29, 0.717) is 5.92 Å². The molecule has 1 aromatic rings. The molecule has 1 unspecified atom stereocenters. The molecule has 102 valence electrons. The Morgan fingerprint density at radius 3 is 2.42 bits per heavy atom. The number of nitrogens with zero attached hydrogens (tertiary/aromatic N) is 1. The topological polar surface area (TPSA) is 40.5 Å². The van der Waals surface area contributed by atoms with Crippen molar-refractivity contribution in [1.29, 1.82) is 0 Å². The average Bonchev–Trinajstić information content (AvgIpc) is 2.75. The van der Waals surface area contributed by atoms with Gasteiger partial charge in [0.05, 0.1) is 5.41 Å². The molecule has 0 amide bonds. The fraction of sp³-hybridized carbons (Fsp3) is 0.562. The van der Waals surface area contributed by atoms with Gasteiger partial charge >= 0.3 is 5.97 Å². The van der Waals surface area contributed by atoms with Gasteiger partial charge < -0.3 is 10.0 Å². The first kappa shape index (κ1) is 12.7. The van der Waals surface area contributed by atoms with Crippen molar-refractivity contribution >= 4 is 5.97 Å². The lowest BCUT2D eigenvalue weighted by atomic mass is 9.64. The third-order valence-corrected chi connectivity index (χ3v) is 4.94. The zero-order chi connectivity index (χ0) is 13.5. The molecule has 1 atom stereocenters. The molecule has 3 heteroatoms. The van der Waals surface area contributed by atoms with E-state index in [-0.39, 0.29) is 0 Å². The van der Waals surface area contributed by atoms with Crippen molar-refractivity contribution in [2.45, 2.75) is 37.0 Å². The van der Waals surface area contributed by atoms with Crippen LogP contribution in [-0.4, -0.2) is 36.1 Å². The number of rotatable bonds is 3. The highest BCUT2D eigenvalue weighted by atomic mass is 16.4. The molecule has 0 radical (unpaired) electrons. The van der Waals surface area contributed by atoms with Gasteiger partial charge in [-0.25, -0.2) is 0 Å². The normalized spacial score (nSPS) is 26.1. The van der Waals surface area contributed by atoms with Gasteiger partial charge in [0.2, 0.25) is 0 Å². The Kier molecular flexibility index (Phi) is 3.09. The summed E-state index contributed by atoms with van der Waals surface area (Å²) in [4.78, 5) is 13.8. The van der Waals surface area contributed by atoms with Crippen LogP contribution >= 0.6 is 0 Å². The average molecular weight is 259 g/mol. The van der Waals surface area contributed by atoms with Gasteiger partial charge in [0.15, 0.2) is 0 Å². The van der Waals surface area contributed by atoms with Crippen LogP contribution in [0, 0.1) is 0 Å². The maximum absolute atomic E-state index is 11.5. The fourth-order valence-corrected chi connectivity index (χ4v) is 3.44. The van der Waals surface area contributed by atoms with Crippen molar-refractivity contribution < 1.29 is 9.90 Å². The van der Waals surface area contributed by atoms with Crippen molar-refractivity contribution in [3.63, 3.8) is 0 Å². The zero-order valence-electron chi connectivity index (χ0n) is 11.4. The SMILES string of the molecule is CN1CCC(c2ccc(C3(C(=O)O)CCC3)cc2)C1. The van der Waals surface area contributed by atoms with Crippen molar-refractivity contribution in [2.24, 2.45) is 0 Å². The number of likely N-dealkylation sites (N-methyl/N-ethyl adjacent to an activating group) is 1. The van der Waals surface area contributed by atoms with E-state index in [1.807, 2.05) is 12.1 Å². The largest absolute Gasteiger partial charge is 0.481 e. The number of hydrogen-bond donors (Lipinski definition) is 1. The molecule has 2 aliphatic rings. The lowest BCUT2D eigenvalue weighted by Crippen LogP contribution is -2.42. The number of hydrogen-bond acceptors (Lipinski definition) is 2. The summed E-state index contributed by atoms with van der Waals surface area (Å²) in [7, 11) is 2.15. The van der Waals surface area contributed by atoms with Crippen molar-refractivity contribution in [2.75, 3.05) is 20.1 Å². The third kappa shape index (κ3) is 2.06. The lowest BCUT2D eigenvalue weighted by Gasteiger charge is -2.38. The number of likely N-dealkylation sites (tertiary alicyclic amines) is 1. The molecule has 0 spiro atoms. The number of carboxylic acid groups (broad SMARTS) is 1. The zero-order valence-corrected chi connectivity index (χ0v) is 11.4. The van der Waals surface area contributed by atoms with Gasteiger partial charge in [-0.3, -0.25) is 4.79 Å². The van der Waals surface area contributed by atoms with Crippen LogP contribution in [0.25, 0.3) is 0 Å². The Labute approximate surface area is 114 Å². The van der Waals surface area contributed by atoms with Crippen LogP contribution in [0.3, 0.4) is 0 Å². The molecule has 1 heterocycles. The number of benzene rings is 1. The quantitative estimate of drug-likeness (QED) is 0.907. The summed E-state index contributed by atoms with van der Waals surface area (Å²) in [5, 5.41) is 9.45. The second-order valence-electron chi connectivity index (χ2n) is 6.11. The Hall–Kier alpha value is -1.35. The third-order valence-electron chi connectivity index (χ3n) is 4.94. The molecule has 1 aliphatic heterocycles. The van der Waals surface area contributed by atoms with E-state index in [1.165, 1.54) is 12.0 Å². The second-order valence-corrected chi connectivity index (χ2v) is 6.11. The van der Waals surface area contributed by atoms with Crippen LogP contribution < -0.4 is 0 Å². The van der Waals surface area contributed by atoms with E-state index in [9.17, 15) is 9.90 Å². The van der Waals surface area contributed by atoms with E-state index in [0.717, 1.165) is 37.9 Å². The summed E-state index contributed by atoms with van der Waals surface area (Å²) in [6, 6.07) is 8.37. The molecule has 3 nitrogen and oxygen atoms in total. The minimum absolute atomic E-state index is 0.592. The summed E-state index contributed by atoms with van der Waals surface area (Å²) in [6.07, 6.45) is 3.81. The molecule has 1 aliphatic carbocycles. The molecule has 2 fully saturated rings. The Balaban J connectivity index is 1.81. The highest BCUT2D eigenvalue weighted by Crippen LogP contribution is 2.44. The maximum atomic E-state index is 11.5. The van der Waals surface area contributed by atoms with E-state index in [1.54, 1.807) is 0 Å². The molecule has 0 aromatic heterocycles. The van der Waals surface area contributed by atoms with Crippen LogP contribution in [0.15, 0.2) is 24.3 Å². The second kappa shape index (κ2) is 4.64. The van der Waals surface area contributed by atoms with E-state index in [4.69, 9.17) is 0 Å². The molecular weight excluding hydrogens is 238 g/mol. The van der Waals surface area contributed by atoms with E-state index >= 15 is 0 Å². The number of carbonyl (C=O) groups is 1. The molecule has 1 saturated carbocycles. The first-order valence-electron chi connectivity index (χ1n) is 7.14. The summed E-state index contributed by atoms with van der Waals surface area (Å²) >= 11 is 0. The smallest absolute Gasteiger partial charge is 0.314 e. The van der Waals surface area contributed by atoms with Crippen LogP contribution in [0.1, 0.15) is 42.7 Å². The van der Waals surface area contributed by atoms with Gasteiger partial charge in [-0.2, -0.15) is 0 Å². The van der Waals surface area contributed by atoms with Gasteiger partial charge in [-0.05, 0) is 49.9 Å². The summed E-state index contributed by atoms with van der Waals surface area (Å²) in [5.41, 5.74) is 1.75.